The maximum absolute atomic E-state index is 14.5. The van der Waals surface area contributed by atoms with Gasteiger partial charge in [0.1, 0.15) is 17.2 Å². The number of esters is 1. The number of ether oxygens (including phenoxy) is 1. The molecular weight excluding hydrogens is 635 g/mol. The Labute approximate surface area is 274 Å². The second-order valence-corrected chi connectivity index (χ2v) is 11.7. The van der Waals surface area contributed by atoms with Crippen LogP contribution in [0.5, 0.6) is 0 Å². The summed E-state index contributed by atoms with van der Waals surface area (Å²) >= 11 is 1.39. The van der Waals surface area contributed by atoms with Gasteiger partial charge in [0, 0.05) is 41.1 Å². The molecule has 1 atom stereocenters. The van der Waals surface area contributed by atoms with Crippen molar-refractivity contribution in [3.05, 3.63) is 101 Å². The Balaban J connectivity index is 0.000000913. The Kier molecular flexibility index (Phi) is 12.3. The third-order valence-electron chi connectivity index (χ3n) is 7.14. The van der Waals surface area contributed by atoms with Gasteiger partial charge in [0.25, 0.3) is 5.91 Å². The molecule has 47 heavy (non-hydrogen) atoms. The van der Waals surface area contributed by atoms with Crippen LogP contribution in [0.15, 0.2) is 78.2 Å². The van der Waals surface area contributed by atoms with Gasteiger partial charge in [0.15, 0.2) is 6.17 Å². The molecular formula is C34H34F3N3O6S. The molecule has 248 valence electrons. The largest absolute Gasteiger partial charge is 0.479 e. The number of hydrogen-bond acceptors (Lipinski definition) is 7. The quantitative estimate of drug-likeness (QED) is 0.130. The first-order chi connectivity index (χ1) is 22.2. The van der Waals surface area contributed by atoms with Crippen molar-refractivity contribution in [2.75, 3.05) is 24.4 Å². The second kappa shape index (κ2) is 15.9. The maximum Gasteiger partial charge on any atom is 0.337 e. The number of halogens is 3. The number of carboxylic acid groups (broad SMARTS) is 1. The number of carboxylic acids is 1. The molecule has 13 heteroatoms. The minimum absolute atomic E-state index is 0.0111. The van der Waals surface area contributed by atoms with Crippen molar-refractivity contribution in [3.63, 3.8) is 0 Å². The molecule has 4 rings (SSSR count). The van der Waals surface area contributed by atoms with Gasteiger partial charge in [0.05, 0.1) is 12.7 Å². The van der Waals surface area contributed by atoms with Gasteiger partial charge in [-0.15, -0.1) is 11.3 Å². The van der Waals surface area contributed by atoms with E-state index in [9.17, 15) is 32.3 Å². The van der Waals surface area contributed by atoms with Crippen LogP contribution < -0.4 is 10.2 Å². The first kappa shape index (κ1) is 36.3. The summed E-state index contributed by atoms with van der Waals surface area (Å²) in [5.74, 6) is -3.18. The Hall–Kier alpha value is -5.17. The number of amides is 2. The van der Waals surface area contributed by atoms with Crippen molar-refractivity contribution in [3.8, 4) is 10.4 Å². The van der Waals surface area contributed by atoms with Crippen LogP contribution in [-0.4, -0.2) is 60.1 Å². The molecule has 0 fully saturated rings. The summed E-state index contributed by atoms with van der Waals surface area (Å²) in [7, 11) is 2.86. The lowest BCUT2D eigenvalue weighted by Crippen LogP contribution is -2.54. The molecule has 0 spiro atoms. The predicted molar refractivity (Wildman–Crippen MR) is 174 cm³/mol. The number of nitrogens with one attached hydrogen (secondary N) is 1. The average molecular weight is 670 g/mol. The molecule has 1 unspecified atom stereocenters. The van der Waals surface area contributed by atoms with Crippen LogP contribution in [-0.2, 0) is 25.7 Å². The molecule has 3 aromatic carbocycles. The summed E-state index contributed by atoms with van der Waals surface area (Å²) in [6.07, 6.45) is -1.16. The molecule has 1 heterocycles. The van der Waals surface area contributed by atoms with E-state index in [2.05, 4.69) is 5.32 Å². The molecule has 4 aromatic rings. The highest BCUT2D eigenvalue weighted by atomic mass is 32.1. The van der Waals surface area contributed by atoms with Crippen LogP contribution >= 0.6 is 11.3 Å². The molecule has 2 N–H and O–H groups in total. The van der Waals surface area contributed by atoms with Crippen molar-refractivity contribution in [2.24, 2.45) is 0 Å². The van der Waals surface area contributed by atoms with Crippen molar-refractivity contribution in [1.29, 1.82) is 0 Å². The summed E-state index contributed by atoms with van der Waals surface area (Å²) < 4.78 is 44.7. The van der Waals surface area contributed by atoms with E-state index in [0.29, 0.717) is 40.2 Å². The molecule has 0 saturated heterocycles. The number of alkyl halides is 1. The zero-order valence-corrected chi connectivity index (χ0v) is 27.1. The third-order valence-corrected chi connectivity index (χ3v) is 8.04. The smallest absolute Gasteiger partial charge is 0.337 e. The molecule has 1 aromatic heterocycles. The molecule has 0 radical (unpaired) electrons. The highest BCUT2D eigenvalue weighted by Crippen LogP contribution is 2.32. The summed E-state index contributed by atoms with van der Waals surface area (Å²) in [4.78, 5) is 50.5. The van der Waals surface area contributed by atoms with Crippen LogP contribution in [0.2, 0.25) is 0 Å². The lowest BCUT2D eigenvalue weighted by molar-refractivity contribution is -0.142. The summed E-state index contributed by atoms with van der Waals surface area (Å²) in [6.45, 7) is 4.20. The second-order valence-electron chi connectivity index (χ2n) is 10.7. The van der Waals surface area contributed by atoms with E-state index in [1.54, 1.807) is 57.3 Å². The maximum atomic E-state index is 14.5. The van der Waals surface area contributed by atoms with E-state index in [1.807, 2.05) is 11.4 Å². The van der Waals surface area contributed by atoms with Gasteiger partial charge >= 0.3 is 11.9 Å². The number of thiophene rings is 1. The molecule has 9 nitrogen and oxygen atoms in total. The number of methoxy groups -OCH3 is 1. The van der Waals surface area contributed by atoms with Crippen molar-refractivity contribution in [1.82, 2.24) is 4.90 Å². The summed E-state index contributed by atoms with van der Waals surface area (Å²) in [5.41, 5.74) is 1.41. The van der Waals surface area contributed by atoms with Gasteiger partial charge in [-0.25, -0.2) is 22.8 Å². The third kappa shape index (κ3) is 9.19. The lowest BCUT2D eigenvalue weighted by Gasteiger charge is -2.37. The molecule has 0 aliphatic heterocycles. The van der Waals surface area contributed by atoms with Gasteiger partial charge in [0.2, 0.25) is 6.41 Å². The molecule has 2 amide bonds. The van der Waals surface area contributed by atoms with E-state index < -0.39 is 41.2 Å². The minimum Gasteiger partial charge on any atom is -0.479 e. The lowest BCUT2D eigenvalue weighted by atomic mass is 9.99. The van der Waals surface area contributed by atoms with E-state index in [4.69, 9.17) is 9.84 Å². The number of carbonyl (C=O) groups is 4. The van der Waals surface area contributed by atoms with Gasteiger partial charge in [-0.05, 0) is 92.4 Å². The van der Waals surface area contributed by atoms with Crippen molar-refractivity contribution in [2.45, 2.75) is 39.0 Å². The van der Waals surface area contributed by atoms with Crippen LogP contribution in [0.1, 0.15) is 36.7 Å². The Morgan fingerprint density at radius 3 is 2.26 bits per heavy atom. The number of benzene rings is 3. The van der Waals surface area contributed by atoms with Gasteiger partial charge in [-0.2, -0.15) is 0 Å². The van der Waals surface area contributed by atoms with Crippen molar-refractivity contribution < 1.29 is 42.2 Å². The van der Waals surface area contributed by atoms with E-state index in [1.165, 1.54) is 58.6 Å². The normalized spacial score (nSPS) is 11.4. The molecule has 0 saturated carbocycles. The van der Waals surface area contributed by atoms with Crippen molar-refractivity contribution >= 4 is 52.7 Å². The number of nitrogens with zero attached hydrogens (tertiary/aromatic N) is 2. The van der Waals surface area contributed by atoms with Crippen LogP contribution in [0.25, 0.3) is 10.4 Å². The Bertz CT molecular complexity index is 1710. The number of aliphatic carboxylic acids is 1. The minimum atomic E-state index is -1.73. The molecule has 0 aliphatic carbocycles. The average Bonchev–Trinajstić information content (AvgIpc) is 3.59. The fourth-order valence-electron chi connectivity index (χ4n) is 4.31. The number of hydrogen-bond donors (Lipinski definition) is 2. The van der Waals surface area contributed by atoms with Crippen LogP contribution in [0, 0.1) is 11.6 Å². The number of carbonyl (C=O) groups excluding carboxylic acids is 3. The molecule has 0 aliphatic rings. The zero-order valence-electron chi connectivity index (χ0n) is 26.3. The van der Waals surface area contributed by atoms with Gasteiger partial charge in [-0.1, -0.05) is 12.1 Å². The fourth-order valence-corrected chi connectivity index (χ4v) is 5.05. The summed E-state index contributed by atoms with van der Waals surface area (Å²) in [5, 5.41) is 12.6. The SMILES string of the molecule is CC(F)C(=O)O.COC(=O)c1ccc(Nc2cc(F)ccc2CN(C=O)C(C)(C)C(=O)N(C)c2ccc(F)c(-c3cccs3)c2)cc1. The van der Waals surface area contributed by atoms with Gasteiger partial charge < -0.3 is 25.0 Å². The molecule has 0 bridgehead atoms. The predicted octanol–water partition coefficient (Wildman–Crippen LogP) is 7.05. The monoisotopic (exact) mass is 669 g/mol. The Morgan fingerprint density at radius 1 is 1.04 bits per heavy atom. The number of rotatable bonds is 11. The standard InChI is InChI=1S/C31H29F2N3O4S.C3H5FO2/c1-31(2,30(39)35(3)24-13-14-26(33)25(17-24)28-6-5-15-41-28)36(19-37)18-21-7-10-22(32)16-27(21)34-23-11-8-20(9-12-23)29(38)40-4;1-2(4)3(5)6/h5-17,19,34H,18H2,1-4H3;2H,1H3,(H,5,6). The Morgan fingerprint density at radius 2 is 1.70 bits per heavy atom. The van der Waals surface area contributed by atoms with E-state index in [-0.39, 0.29) is 6.54 Å². The summed E-state index contributed by atoms with van der Waals surface area (Å²) in [6, 6.07) is 18.6. The van der Waals surface area contributed by atoms with Crippen LogP contribution in [0.4, 0.5) is 30.2 Å². The van der Waals surface area contributed by atoms with Gasteiger partial charge in [-0.3, -0.25) is 9.59 Å². The van der Waals surface area contributed by atoms with Crippen LogP contribution in [0.3, 0.4) is 0 Å². The van der Waals surface area contributed by atoms with E-state index in [0.717, 1.165) is 11.8 Å². The van der Waals surface area contributed by atoms with E-state index >= 15 is 0 Å². The highest BCUT2D eigenvalue weighted by molar-refractivity contribution is 7.13. The first-order valence-electron chi connectivity index (χ1n) is 14.1. The highest BCUT2D eigenvalue weighted by Gasteiger charge is 2.37. The number of anilines is 3. The zero-order chi connectivity index (χ0) is 34.9. The topological polar surface area (TPSA) is 116 Å². The fraction of sp³-hybridized carbons (Fsp3) is 0.235. The first-order valence-corrected chi connectivity index (χ1v) is 15.0. The number of likely N-dealkylation sites (N-methyl/N-ethyl adjacent to an activating group) is 1.